The van der Waals surface area contributed by atoms with Gasteiger partial charge in [0, 0.05) is 38.6 Å². The summed E-state index contributed by atoms with van der Waals surface area (Å²) in [6.45, 7) is 5.66. The minimum absolute atomic E-state index is 0.247. The summed E-state index contributed by atoms with van der Waals surface area (Å²) in [5.41, 5.74) is 0. The molecule has 3 heterocycles. The quantitative estimate of drug-likeness (QED) is 0.819. The van der Waals surface area contributed by atoms with Gasteiger partial charge in [0.1, 0.15) is 0 Å². The zero-order chi connectivity index (χ0) is 12.9. The minimum atomic E-state index is 0.247. The second-order valence-corrected chi connectivity index (χ2v) is 5.47. The lowest BCUT2D eigenvalue weighted by Crippen LogP contribution is -2.47. The third-order valence-electron chi connectivity index (χ3n) is 3.91. The Morgan fingerprint density at radius 2 is 2.05 bits per heavy atom. The molecule has 0 spiro atoms. The molecule has 0 unspecified atom stereocenters. The van der Waals surface area contributed by atoms with Gasteiger partial charge in [-0.25, -0.2) is 0 Å². The fourth-order valence-corrected chi connectivity index (χ4v) is 2.91. The van der Waals surface area contributed by atoms with E-state index < -0.39 is 0 Å². The first-order valence-electron chi connectivity index (χ1n) is 7.33. The Morgan fingerprint density at radius 3 is 2.84 bits per heavy atom. The molecule has 5 nitrogen and oxygen atoms in total. The van der Waals surface area contributed by atoms with E-state index in [1.807, 2.05) is 23.1 Å². The molecule has 0 amide bonds. The molecule has 2 saturated heterocycles. The Bertz CT molecular complexity index is 363. The van der Waals surface area contributed by atoms with Crippen molar-refractivity contribution in [1.29, 1.82) is 0 Å². The summed E-state index contributed by atoms with van der Waals surface area (Å²) in [5, 5.41) is 4.24. The van der Waals surface area contributed by atoms with Crippen LogP contribution in [0.25, 0.3) is 0 Å². The fraction of sp³-hybridized carbons (Fsp3) is 0.786. The molecule has 2 aliphatic rings. The monoisotopic (exact) mass is 265 g/mol. The van der Waals surface area contributed by atoms with Crippen molar-refractivity contribution in [2.45, 2.75) is 38.0 Å². The van der Waals surface area contributed by atoms with Crippen LogP contribution in [0.4, 0.5) is 0 Å². The summed E-state index contributed by atoms with van der Waals surface area (Å²) in [4.78, 5) is 2.48. The van der Waals surface area contributed by atoms with Gasteiger partial charge >= 0.3 is 0 Å². The predicted octanol–water partition coefficient (Wildman–Crippen LogP) is 1.15. The van der Waals surface area contributed by atoms with Crippen LogP contribution in [-0.2, 0) is 16.0 Å². The van der Waals surface area contributed by atoms with Crippen molar-refractivity contribution in [3.8, 4) is 0 Å². The van der Waals surface area contributed by atoms with E-state index in [4.69, 9.17) is 9.47 Å². The van der Waals surface area contributed by atoms with Gasteiger partial charge in [-0.3, -0.25) is 9.58 Å². The largest absolute Gasteiger partial charge is 0.377 e. The summed E-state index contributed by atoms with van der Waals surface area (Å²) >= 11 is 0. The maximum Gasteiger partial charge on any atom is 0.0898 e. The molecule has 0 bridgehead atoms. The molecule has 106 valence electrons. The zero-order valence-corrected chi connectivity index (χ0v) is 11.4. The molecule has 0 aromatic carbocycles. The molecule has 1 aromatic rings. The highest BCUT2D eigenvalue weighted by molar-refractivity contribution is 4.81. The second kappa shape index (κ2) is 6.50. The highest BCUT2D eigenvalue weighted by Gasteiger charge is 2.24. The molecule has 0 aliphatic carbocycles. The lowest BCUT2D eigenvalue weighted by molar-refractivity contribution is -0.0650. The number of rotatable bonds is 4. The molecule has 2 atom stereocenters. The van der Waals surface area contributed by atoms with E-state index in [0.717, 1.165) is 39.4 Å². The lowest BCUT2D eigenvalue weighted by Gasteiger charge is -2.35. The van der Waals surface area contributed by atoms with Gasteiger partial charge in [0.2, 0.25) is 0 Å². The molecule has 0 radical (unpaired) electrons. The highest BCUT2D eigenvalue weighted by atomic mass is 16.5. The van der Waals surface area contributed by atoms with Gasteiger partial charge < -0.3 is 9.47 Å². The smallest absolute Gasteiger partial charge is 0.0898 e. The molecule has 0 N–H and O–H groups in total. The van der Waals surface area contributed by atoms with Crippen LogP contribution in [0.2, 0.25) is 0 Å². The zero-order valence-electron chi connectivity index (χ0n) is 11.4. The number of aromatic nitrogens is 2. The van der Waals surface area contributed by atoms with Crippen LogP contribution in [0.15, 0.2) is 18.5 Å². The van der Waals surface area contributed by atoms with Crippen LogP contribution < -0.4 is 0 Å². The lowest BCUT2D eigenvalue weighted by atomic mass is 10.1. The highest BCUT2D eigenvalue weighted by Crippen LogP contribution is 2.16. The Balaban J connectivity index is 1.47. The first-order chi connectivity index (χ1) is 9.40. The number of hydrogen-bond acceptors (Lipinski definition) is 4. The average molecular weight is 265 g/mol. The third-order valence-corrected chi connectivity index (χ3v) is 3.91. The van der Waals surface area contributed by atoms with Crippen molar-refractivity contribution in [2.75, 3.05) is 32.8 Å². The van der Waals surface area contributed by atoms with Gasteiger partial charge in [-0.2, -0.15) is 5.10 Å². The van der Waals surface area contributed by atoms with Crippen molar-refractivity contribution in [1.82, 2.24) is 14.7 Å². The molecule has 2 fully saturated rings. The van der Waals surface area contributed by atoms with Crippen molar-refractivity contribution in [3.05, 3.63) is 18.5 Å². The number of morpholine rings is 1. The molecule has 3 rings (SSSR count). The fourth-order valence-electron chi connectivity index (χ4n) is 2.91. The van der Waals surface area contributed by atoms with Crippen LogP contribution in [-0.4, -0.2) is 59.7 Å². The molecular formula is C14H23N3O2. The van der Waals surface area contributed by atoms with E-state index >= 15 is 0 Å². The Kier molecular flexibility index (Phi) is 4.48. The predicted molar refractivity (Wildman–Crippen MR) is 72.0 cm³/mol. The van der Waals surface area contributed by atoms with Crippen molar-refractivity contribution >= 4 is 0 Å². The van der Waals surface area contributed by atoms with Crippen LogP contribution in [0, 0.1) is 0 Å². The maximum atomic E-state index is 5.83. The van der Waals surface area contributed by atoms with Crippen LogP contribution in [0.5, 0.6) is 0 Å². The molecular weight excluding hydrogens is 242 g/mol. The van der Waals surface area contributed by atoms with Crippen LogP contribution in [0.1, 0.15) is 19.3 Å². The van der Waals surface area contributed by atoms with E-state index in [0.29, 0.717) is 6.10 Å². The van der Waals surface area contributed by atoms with E-state index in [9.17, 15) is 0 Å². The van der Waals surface area contributed by atoms with Gasteiger partial charge in [-0.05, 0) is 25.3 Å². The van der Waals surface area contributed by atoms with E-state index in [-0.39, 0.29) is 6.10 Å². The Morgan fingerprint density at radius 1 is 1.11 bits per heavy atom. The summed E-state index contributed by atoms with van der Waals surface area (Å²) in [6, 6.07) is 1.95. The summed E-state index contributed by atoms with van der Waals surface area (Å²) in [5.74, 6) is 0. The summed E-state index contributed by atoms with van der Waals surface area (Å²) < 4.78 is 13.6. The minimum Gasteiger partial charge on any atom is -0.377 e. The van der Waals surface area contributed by atoms with Gasteiger partial charge in [0.05, 0.1) is 25.4 Å². The first-order valence-corrected chi connectivity index (χ1v) is 7.33. The summed E-state index contributed by atoms with van der Waals surface area (Å²) in [7, 11) is 0. The summed E-state index contributed by atoms with van der Waals surface area (Å²) in [6.07, 6.45) is 8.23. The maximum absolute atomic E-state index is 5.83. The van der Waals surface area contributed by atoms with Gasteiger partial charge in [0.15, 0.2) is 0 Å². The Labute approximate surface area is 114 Å². The van der Waals surface area contributed by atoms with Crippen molar-refractivity contribution < 1.29 is 9.47 Å². The van der Waals surface area contributed by atoms with Gasteiger partial charge in [0.25, 0.3) is 0 Å². The van der Waals surface area contributed by atoms with Crippen molar-refractivity contribution in [2.24, 2.45) is 0 Å². The Hall–Kier alpha value is -0.910. The second-order valence-electron chi connectivity index (χ2n) is 5.47. The van der Waals surface area contributed by atoms with Crippen molar-refractivity contribution in [3.63, 3.8) is 0 Å². The molecule has 1 aromatic heterocycles. The molecule has 19 heavy (non-hydrogen) atoms. The van der Waals surface area contributed by atoms with E-state index in [1.54, 1.807) is 0 Å². The van der Waals surface area contributed by atoms with Crippen LogP contribution in [0.3, 0.4) is 0 Å². The topological polar surface area (TPSA) is 39.5 Å². The molecule has 5 heteroatoms. The molecule has 0 saturated carbocycles. The van der Waals surface area contributed by atoms with Crippen LogP contribution >= 0.6 is 0 Å². The van der Waals surface area contributed by atoms with E-state index in [1.165, 1.54) is 19.3 Å². The van der Waals surface area contributed by atoms with Gasteiger partial charge in [-0.1, -0.05) is 0 Å². The first kappa shape index (κ1) is 13.1. The third kappa shape index (κ3) is 3.78. The molecule has 2 aliphatic heterocycles. The SMILES string of the molecule is c1cnn(C[C@H]2CN(C[C@H]3CCCCO3)CCO2)c1. The standard InChI is InChI=1S/C14H23N3O2/c1-2-8-18-13(4-1)10-16-7-9-19-14(11-16)12-17-6-3-5-15-17/h3,5-6,13-14H,1-2,4,7-12H2/t13-,14-/m1/s1. The number of ether oxygens (including phenoxy) is 2. The number of nitrogens with zero attached hydrogens (tertiary/aromatic N) is 3. The normalized spacial score (nSPS) is 29.5. The number of hydrogen-bond donors (Lipinski definition) is 0. The van der Waals surface area contributed by atoms with E-state index in [2.05, 4.69) is 10.00 Å². The van der Waals surface area contributed by atoms with Gasteiger partial charge in [-0.15, -0.1) is 0 Å². The average Bonchev–Trinajstić information content (AvgIpc) is 2.93.